The Morgan fingerprint density at radius 3 is 2.35 bits per heavy atom. The lowest BCUT2D eigenvalue weighted by molar-refractivity contribution is -0.133. The van der Waals surface area contributed by atoms with Crippen LogP contribution in [0.5, 0.6) is 5.75 Å². The van der Waals surface area contributed by atoms with Crippen LogP contribution < -0.4 is 10.1 Å². The lowest BCUT2D eigenvalue weighted by atomic mass is 10.0. The molecule has 2 heterocycles. The van der Waals surface area contributed by atoms with Gasteiger partial charge < -0.3 is 19.9 Å². The standard InChI is InChI=1S/C20H32N4O2/c1-22-11-13-23(14-12-22)16-20(25)24-9-7-18(8-10-24)21-15-17-3-5-19(26-2)6-4-17/h3-6,18,21H,7-16H2,1-2H3. The molecule has 3 rings (SSSR count). The molecule has 0 spiro atoms. The number of carbonyl (C=O) groups is 1. The van der Waals surface area contributed by atoms with E-state index in [1.807, 2.05) is 17.0 Å². The second-order valence-electron chi connectivity index (χ2n) is 7.46. The van der Waals surface area contributed by atoms with Gasteiger partial charge in [0.1, 0.15) is 5.75 Å². The molecule has 0 unspecified atom stereocenters. The number of amides is 1. The average molecular weight is 361 g/mol. The molecule has 1 amide bonds. The van der Waals surface area contributed by atoms with Gasteiger partial charge in [-0.25, -0.2) is 0 Å². The number of rotatable bonds is 6. The fourth-order valence-electron chi connectivity index (χ4n) is 3.64. The Morgan fingerprint density at radius 2 is 1.73 bits per heavy atom. The number of nitrogens with one attached hydrogen (secondary N) is 1. The summed E-state index contributed by atoms with van der Waals surface area (Å²) < 4.78 is 5.19. The predicted molar refractivity (Wildman–Crippen MR) is 103 cm³/mol. The second-order valence-corrected chi connectivity index (χ2v) is 7.46. The van der Waals surface area contributed by atoms with Crippen LogP contribution in [0.1, 0.15) is 18.4 Å². The topological polar surface area (TPSA) is 48.1 Å². The van der Waals surface area contributed by atoms with Gasteiger partial charge in [-0.15, -0.1) is 0 Å². The number of carbonyl (C=O) groups excluding carboxylic acids is 1. The number of nitrogens with zero attached hydrogens (tertiary/aromatic N) is 3. The summed E-state index contributed by atoms with van der Waals surface area (Å²) in [6.07, 6.45) is 2.06. The zero-order valence-electron chi connectivity index (χ0n) is 16.1. The molecule has 0 saturated carbocycles. The van der Waals surface area contributed by atoms with Gasteiger partial charge in [-0.05, 0) is 37.6 Å². The largest absolute Gasteiger partial charge is 0.497 e. The maximum absolute atomic E-state index is 12.5. The van der Waals surface area contributed by atoms with Crippen LogP contribution >= 0.6 is 0 Å². The summed E-state index contributed by atoms with van der Waals surface area (Å²) in [5.41, 5.74) is 1.26. The van der Waals surface area contributed by atoms with Gasteiger partial charge in [0.25, 0.3) is 0 Å². The number of likely N-dealkylation sites (N-methyl/N-ethyl adjacent to an activating group) is 1. The maximum atomic E-state index is 12.5. The zero-order chi connectivity index (χ0) is 18.4. The van der Waals surface area contributed by atoms with E-state index in [2.05, 4.69) is 34.3 Å². The fourth-order valence-corrected chi connectivity index (χ4v) is 3.64. The van der Waals surface area contributed by atoms with Gasteiger partial charge in [0.2, 0.25) is 5.91 Å². The Hall–Kier alpha value is -1.63. The molecule has 0 aliphatic carbocycles. The van der Waals surface area contributed by atoms with Crippen LogP contribution in [-0.4, -0.2) is 86.6 Å². The van der Waals surface area contributed by atoms with Gasteiger partial charge in [0, 0.05) is 51.9 Å². The lowest BCUT2D eigenvalue weighted by Gasteiger charge is -2.36. The van der Waals surface area contributed by atoms with Crippen LogP contribution in [0, 0.1) is 0 Å². The van der Waals surface area contributed by atoms with Crippen LogP contribution in [0.3, 0.4) is 0 Å². The van der Waals surface area contributed by atoms with E-state index in [4.69, 9.17) is 4.74 Å². The first-order valence-corrected chi connectivity index (χ1v) is 9.69. The molecule has 0 atom stereocenters. The highest BCUT2D eigenvalue weighted by Crippen LogP contribution is 2.14. The van der Waals surface area contributed by atoms with Crippen molar-refractivity contribution in [2.24, 2.45) is 0 Å². The third kappa shape index (κ3) is 5.43. The Balaban J connectivity index is 1.36. The molecule has 144 valence electrons. The highest BCUT2D eigenvalue weighted by molar-refractivity contribution is 5.78. The molecule has 2 aliphatic rings. The number of piperazine rings is 1. The minimum atomic E-state index is 0.295. The highest BCUT2D eigenvalue weighted by Gasteiger charge is 2.24. The molecule has 6 nitrogen and oxygen atoms in total. The quantitative estimate of drug-likeness (QED) is 0.821. The van der Waals surface area contributed by atoms with Crippen LogP contribution in [0.2, 0.25) is 0 Å². The van der Waals surface area contributed by atoms with Crippen LogP contribution in [0.25, 0.3) is 0 Å². The number of methoxy groups -OCH3 is 1. The van der Waals surface area contributed by atoms with Gasteiger partial charge in [-0.3, -0.25) is 9.69 Å². The van der Waals surface area contributed by atoms with Crippen LogP contribution in [-0.2, 0) is 11.3 Å². The number of hydrogen-bond acceptors (Lipinski definition) is 5. The first-order valence-electron chi connectivity index (χ1n) is 9.69. The molecule has 6 heteroatoms. The van der Waals surface area contributed by atoms with Crippen molar-refractivity contribution in [3.63, 3.8) is 0 Å². The molecule has 2 fully saturated rings. The van der Waals surface area contributed by atoms with Gasteiger partial charge in [0.15, 0.2) is 0 Å². The second kappa shape index (κ2) is 9.35. The number of likely N-dealkylation sites (tertiary alicyclic amines) is 1. The van der Waals surface area contributed by atoms with Crippen molar-refractivity contribution in [2.45, 2.75) is 25.4 Å². The number of benzene rings is 1. The molecule has 2 saturated heterocycles. The van der Waals surface area contributed by atoms with E-state index in [1.54, 1.807) is 7.11 Å². The SMILES string of the molecule is COc1ccc(CNC2CCN(C(=O)CN3CCN(C)CC3)CC2)cc1. The van der Waals surface area contributed by atoms with Crippen molar-refractivity contribution in [3.05, 3.63) is 29.8 Å². The zero-order valence-corrected chi connectivity index (χ0v) is 16.1. The Labute approximate surface area is 157 Å². The minimum absolute atomic E-state index is 0.295. The highest BCUT2D eigenvalue weighted by atomic mass is 16.5. The summed E-state index contributed by atoms with van der Waals surface area (Å²) in [6, 6.07) is 8.68. The number of ether oxygens (including phenoxy) is 1. The molecule has 0 bridgehead atoms. The summed E-state index contributed by atoms with van der Waals surface area (Å²) in [7, 11) is 3.83. The van der Waals surface area contributed by atoms with Gasteiger partial charge in [-0.2, -0.15) is 0 Å². The van der Waals surface area contributed by atoms with Crippen LogP contribution in [0.15, 0.2) is 24.3 Å². The number of hydrogen-bond donors (Lipinski definition) is 1. The summed E-state index contributed by atoms with van der Waals surface area (Å²) in [5, 5.41) is 3.63. The Kier molecular flexibility index (Phi) is 6.88. The van der Waals surface area contributed by atoms with Gasteiger partial charge in [0.05, 0.1) is 13.7 Å². The van der Waals surface area contributed by atoms with Crippen molar-refractivity contribution < 1.29 is 9.53 Å². The van der Waals surface area contributed by atoms with E-state index in [1.165, 1.54) is 5.56 Å². The third-order valence-electron chi connectivity index (χ3n) is 5.56. The van der Waals surface area contributed by atoms with Crippen molar-refractivity contribution in [1.82, 2.24) is 20.0 Å². The van der Waals surface area contributed by atoms with E-state index in [9.17, 15) is 4.79 Å². The van der Waals surface area contributed by atoms with Gasteiger partial charge in [-0.1, -0.05) is 12.1 Å². The van der Waals surface area contributed by atoms with Crippen molar-refractivity contribution >= 4 is 5.91 Å². The molecular formula is C20H32N4O2. The van der Waals surface area contributed by atoms with Gasteiger partial charge >= 0.3 is 0 Å². The predicted octanol–water partition coefficient (Wildman–Crippen LogP) is 1.02. The summed E-state index contributed by atoms with van der Waals surface area (Å²) in [6.45, 7) is 7.31. The molecule has 0 aromatic heterocycles. The summed E-state index contributed by atoms with van der Waals surface area (Å²) >= 11 is 0. The van der Waals surface area contributed by atoms with Crippen molar-refractivity contribution in [2.75, 3.05) is 60.0 Å². The minimum Gasteiger partial charge on any atom is -0.497 e. The molecule has 1 N–H and O–H groups in total. The summed E-state index contributed by atoms with van der Waals surface area (Å²) in [4.78, 5) is 19.2. The van der Waals surface area contributed by atoms with E-state index >= 15 is 0 Å². The first kappa shape index (κ1) is 19.1. The Bertz CT molecular complexity index is 562. The van der Waals surface area contributed by atoms with Crippen LogP contribution in [0.4, 0.5) is 0 Å². The van der Waals surface area contributed by atoms with E-state index < -0.39 is 0 Å². The molecule has 0 radical (unpaired) electrons. The normalized spacial score (nSPS) is 20.3. The van der Waals surface area contributed by atoms with E-state index in [0.29, 0.717) is 18.5 Å². The van der Waals surface area contributed by atoms with Crippen molar-refractivity contribution in [3.8, 4) is 5.75 Å². The average Bonchev–Trinajstić information content (AvgIpc) is 2.69. The lowest BCUT2D eigenvalue weighted by Crippen LogP contribution is -2.51. The molecule has 1 aromatic rings. The van der Waals surface area contributed by atoms with Crippen molar-refractivity contribution in [1.29, 1.82) is 0 Å². The molecule has 2 aliphatic heterocycles. The first-order chi connectivity index (χ1) is 12.6. The molecule has 1 aromatic carbocycles. The third-order valence-corrected chi connectivity index (χ3v) is 5.56. The summed E-state index contributed by atoms with van der Waals surface area (Å²) in [5.74, 6) is 1.18. The monoisotopic (exact) mass is 360 g/mol. The number of piperidine rings is 1. The molecule has 26 heavy (non-hydrogen) atoms. The smallest absolute Gasteiger partial charge is 0.236 e. The van der Waals surface area contributed by atoms with E-state index in [-0.39, 0.29) is 0 Å². The Morgan fingerprint density at radius 1 is 1.08 bits per heavy atom. The molecular weight excluding hydrogens is 328 g/mol. The fraction of sp³-hybridized carbons (Fsp3) is 0.650. The maximum Gasteiger partial charge on any atom is 0.236 e. The van der Waals surface area contributed by atoms with E-state index in [0.717, 1.165) is 64.4 Å².